The average Bonchev–Trinajstić information content (AvgIpc) is 1.88. The van der Waals surface area contributed by atoms with E-state index in [1.165, 1.54) is 32.1 Å². The zero-order valence-corrected chi connectivity index (χ0v) is 9.01. The Labute approximate surface area is 77.4 Å². The SMILES string of the molecule is S=S(=S)([S-])C1CCCCC1. The molecule has 1 aliphatic carbocycles. The maximum Gasteiger partial charge on any atom is -0.00792 e. The van der Waals surface area contributed by atoms with Gasteiger partial charge in [0.05, 0.1) is 0 Å². The fourth-order valence-corrected chi connectivity index (χ4v) is 4.00. The van der Waals surface area contributed by atoms with E-state index in [1.807, 2.05) is 0 Å². The quantitative estimate of drug-likeness (QED) is 0.480. The Morgan fingerprint density at radius 2 is 1.60 bits per heavy atom. The molecule has 0 atom stereocenters. The molecule has 0 amide bonds. The van der Waals surface area contributed by atoms with Crippen molar-refractivity contribution in [3.63, 3.8) is 0 Å². The van der Waals surface area contributed by atoms with Crippen LogP contribution in [0.3, 0.4) is 0 Å². The van der Waals surface area contributed by atoms with Crippen molar-refractivity contribution in [2.24, 2.45) is 0 Å². The van der Waals surface area contributed by atoms with Crippen LogP contribution in [0.1, 0.15) is 32.1 Å². The molecule has 0 N–H and O–H groups in total. The minimum absolute atomic E-state index is 0.529. The minimum Gasteiger partial charge on any atom is -0.706 e. The third kappa shape index (κ3) is 2.64. The van der Waals surface area contributed by atoms with E-state index in [0.717, 1.165) is 0 Å². The molecule has 60 valence electrons. The molecule has 0 aromatic carbocycles. The second-order valence-electron chi connectivity index (χ2n) is 2.75. The lowest BCUT2D eigenvalue weighted by Gasteiger charge is -2.30. The van der Waals surface area contributed by atoms with Crippen LogP contribution >= 0.6 is 0 Å². The molecule has 4 heteroatoms. The number of rotatable bonds is 1. The molecule has 0 nitrogen and oxygen atoms in total. The Morgan fingerprint density at radius 3 is 1.90 bits per heavy atom. The van der Waals surface area contributed by atoms with Gasteiger partial charge in [-0.2, -0.15) is 0 Å². The molecule has 1 saturated carbocycles. The van der Waals surface area contributed by atoms with Crippen molar-refractivity contribution in [1.29, 1.82) is 0 Å². The van der Waals surface area contributed by atoms with Gasteiger partial charge in [-0.05, 0) is 18.1 Å². The molecule has 1 fully saturated rings. The topological polar surface area (TPSA) is 0 Å². The molecule has 0 unspecified atom stereocenters. The number of hydrogen-bond donors (Lipinski definition) is 0. The first-order valence-corrected chi connectivity index (χ1v) is 8.02. The Balaban J connectivity index is 2.56. The van der Waals surface area contributed by atoms with E-state index in [-0.39, 0.29) is 0 Å². The van der Waals surface area contributed by atoms with E-state index in [1.54, 1.807) is 0 Å². The fraction of sp³-hybridized carbons (Fsp3) is 1.00. The molecule has 0 aromatic rings. The normalized spacial score (nSPS) is 22.9. The molecule has 0 heterocycles. The van der Waals surface area contributed by atoms with Crippen molar-refractivity contribution >= 4 is 40.2 Å². The average molecular weight is 211 g/mol. The lowest BCUT2D eigenvalue weighted by atomic mass is 10.0. The van der Waals surface area contributed by atoms with Crippen molar-refractivity contribution in [3.05, 3.63) is 0 Å². The van der Waals surface area contributed by atoms with Crippen LogP contribution < -0.4 is 0 Å². The molecule has 0 saturated heterocycles. The van der Waals surface area contributed by atoms with Gasteiger partial charge in [-0.3, -0.25) is 0 Å². The highest BCUT2D eigenvalue weighted by Crippen LogP contribution is 2.23. The van der Waals surface area contributed by atoms with Crippen molar-refractivity contribution in [2.45, 2.75) is 37.4 Å². The van der Waals surface area contributed by atoms with Crippen LogP contribution in [0.25, 0.3) is 0 Å². The smallest absolute Gasteiger partial charge is 0.00792 e. The summed E-state index contributed by atoms with van der Waals surface area (Å²) in [6, 6.07) is 0. The van der Waals surface area contributed by atoms with Crippen molar-refractivity contribution < 1.29 is 0 Å². The summed E-state index contributed by atoms with van der Waals surface area (Å²) in [7, 11) is 0. The van der Waals surface area contributed by atoms with Crippen molar-refractivity contribution in [2.75, 3.05) is 0 Å². The first-order chi connectivity index (χ1) is 4.61. The third-order valence-corrected chi connectivity index (χ3v) is 5.70. The number of hydrogen-bond acceptors (Lipinski definition) is 3. The molecule has 0 radical (unpaired) electrons. The summed E-state index contributed by atoms with van der Waals surface area (Å²) in [5.41, 5.74) is 0. The van der Waals surface area contributed by atoms with E-state index in [2.05, 4.69) is 0 Å². The molecular weight excluding hydrogens is 200 g/mol. The van der Waals surface area contributed by atoms with Gasteiger partial charge in [-0.15, -0.1) is 0 Å². The largest absolute Gasteiger partial charge is 0.706 e. The first kappa shape index (κ1) is 9.23. The summed E-state index contributed by atoms with van der Waals surface area (Å²) in [6.07, 6.45) is 4.87. The van der Waals surface area contributed by atoms with Crippen LogP contribution in [0.15, 0.2) is 0 Å². The van der Waals surface area contributed by atoms with Crippen LogP contribution in [0.5, 0.6) is 0 Å². The lowest BCUT2D eigenvalue weighted by molar-refractivity contribution is 0.516. The second-order valence-corrected chi connectivity index (χ2v) is 11.0. The van der Waals surface area contributed by atoms with Crippen LogP contribution in [-0.4, -0.2) is 5.25 Å². The molecule has 10 heavy (non-hydrogen) atoms. The van der Waals surface area contributed by atoms with Gasteiger partial charge in [0.1, 0.15) is 0 Å². The van der Waals surface area contributed by atoms with E-state index >= 15 is 0 Å². The Hall–Kier alpha value is 1.14. The summed E-state index contributed by atoms with van der Waals surface area (Å²) in [5.74, 6) is 0. The van der Waals surface area contributed by atoms with Gasteiger partial charge in [0, 0.05) is 0 Å². The molecule has 0 bridgehead atoms. The zero-order chi connectivity index (χ0) is 7.61. The van der Waals surface area contributed by atoms with Gasteiger partial charge in [0.2, 0.25) is 0 Å². The van der Waals surface area contributed by atoms with Crippen molar-refractivity contribution in [3.8, 4) is 0 Å². The molecule has 0 aromatic heterocycles. The zero-order valence-electron chi connectivity index (χ0n) is 5.75. The predicted molar refractivity (Wildman–Crippen MR) is 56.3 cm³/mol. The van der Waals surface area contributed by atoms with E-state index in [4.69, 9.17) is 34.0 Å². The summed E-state index contributed by atoms with van der Waals surface area (Å²) in [4.78, 5) is 0. The van der Waals surface area contributed by atoms with E-state index in [9.17, 15) is 0 Å². The van der Waals surface area contributed by atoms with E-state index in [0.29, 0.717) is 5.25 Å². The van der Waals surface area contributed by atoms with Gasteiger partial charge in [-0.1, -0.05) is 41.6 Å². The summed E-state index contributed by atoms with van der Waals surface area (Å²) in [6.45, 7) is 0. The van der Waals surface area contributed by atoms with Gasteiger partial charge in [0.15, 0.2) is 0 Å². The molecule has 0 aliphatic heterocycles. The van der Waals surface area contributed by atoms with E-state index < -0.39 is 6.18 Å². The summed E-state index contributed by atoms with van der Waals surface area (Å²) < 4.78 is 0. The van der Waals surface area contributed by atoms with Crippen molar-refractivity contribution in [1.82, 2.24) is 0 Å². The van der Waals surface area contributed by atoms with Gasteiger partial charge >= 0.3 is 0 Å². The van der Waals surface area contributed by atoms with Crippen LogP contribution in [0.2, 0.25) is 0 Å². The Kier molecular flexibility index (Phi) is 3.41. The van der Waals surface area contributed by atoms with Crippen LogP contribution in [0.4, 0.5) is 0 Å². The van der Waals surface area contributed by atoms with Crippen LogP contribution in [0, 0.1) is 0 Å². The molecule has 1 rings (SSSR count). The van der Waals surface area contributed by atoms with Gasteiger partial charge < -0.3 is 11.7 Å². The van der Waals surface area contributed by atoms with Gasteiger partial charge in [-0.25, -0.2) is 6.18 Å². The van der Waals surface area contributed by atoms with Crippen LogP contribution in [-0.2, 0) is 40.2 Å². The maximum atomic E-state index is 5.12. The molecule has 1 aliphatic rings. The second kappa shape index (κ2) is 3.70. The lowest BCUT2D eigenvalue weighted by Crippen LogP contribution is -2.19. The summed E-state index contributed by atoms with van der Waals surface area (Å²) >= 11 is 15.4. The maximum absolute atomic E-state index is 5.12. The highest BCUT2D eigenvalue weighted by molar-refractivity contribution is 8.87. The highest BCUT2D eigenvalue weighted by Gasteiger charge is 2.12. The predicted octanol–water partition coefficient (Wildman–Crippen LogP) is 1.86. The molecule has 0 spiro atoms. The summed E-state index contributed by atoms with van der Waals surface area (Å²) in [5, 5.41) is 0.529. The first-order valence-electron chi connectivity index (χ1n) is 3.55. The Morgan fingerprint density at radius 1 is 1.10 bits per heavy atom. The third-order valence-electron chi connectivity index (χ3n) is 1.96. The Bertz CT molecular complexity index is 186. The van der Waals surface area contributed by atoms with Gasteiger partial charge in [0.25, 0.3) is 0 Å². The standard InChI is InChI=1S/C6H12S4/c7-10(8,9)6-4-2-1-3-5-6/h6H,1-5H2,(H,7,8,9)/p-1. The highest BCUT2D eigenvalue weighted by atomic mass is 33.5. The minimum atomic E-state index is -1.48. The monoisotopic (exact) mass is 211 g/mol. The fourth-order valence-electron chi connectivity index (χ4n) is 1.35. The molecular formula is C6H11S4-.